The van der Waals surface area contributed by atoms with Crippen molar-refractivity contribution in [2.75, 3.05) is 0 Å². The van der Waals surface area contributed by atoms with Crippen molar-refractivity contribution >= 4 is 11.9 Å². The van der Waals surface area contributed by atoms with Crippen LogP contribution in [0.1, 0.15) is 32.6 Å². The zero-order valence-electron chi connectivity index (χ0n) is 8.79. The minimum atomic E-state index is -0.395. The number of nitrogens with one attached hydrogen (secondary N) is 1. The molecule has 1 aliphatic carbocycles. The molecule has 2 unspecified atom stereocenters. The third-order valence-corrected chi connectivity index (χ3v) is 2.92. The molecule has 2 aliphatic rings. The molecule has 1 amide bonds. The Balaban J connectivity index is 2.13. The van der Waals surface area contributed by atoms with Crippen molar-refractivity contribution in [1.82, 2.24) is 5.32 Å². The van der Waals surface area contributed by atoms with Crippen LogP contribution in [-0.2, 0) is 14.3 Å². The van der Waals surface area contributed by atoms with Gasteiger partial charge in [-0.1, -0.05) is 6.42 Å². The second-order valence-electron chi connectivity index (χ2n) is 4.15. The van der Waals surface area contributed by atoms with Crippen LogP contribution in [0.15, 0.2) is 11.8 Å². The van der Waals surface area contributed by atoms with Crippen LogP contribution >= 0.6 is 0 Å². The molecule has 1 fully saturated rings. The van der Waals surface area contributed by atoms with Crippen LogP contribution in [-0.4, -0.2) is 18.0 Å². The summed E-state index contributed by atoms with van der Waals surface area (Å²) >= 11 is 0. The molecule has 0 spiro atoms. The first-order valence-electron chi connectivity index (χ1n) is 5.37. The molecule has 0 aromatic carbocycles. The molecule has 1 saturated carbocycles. The summed E-state index contributed by atoms with van der Waals surface area (Å²) in [5, 5.41) is 2.51. The highest BCUT2D eigenvalue weighted by molar-refractivity contribution is 5.93. The quantitative estimate of drug-likeness (QED) is 0.658. The van der Waals surface area contributed by atoms with Crippen LogP contribution in [0.25, 0.3) is 0 Å². The van der Waals surface area contributed by atoms with Gasteiger partial charge in [0.15, 0.2) is 0 Å². The minimum absolute atomic E-state index is 0.0313. The van der Waals surface area contributed by atoms with E-state index in [0.717, 1.165) is 19.3 Å². The van der Waals surface area contributed by atoms with Crippen molar-refractivity contribution in [2.24, 2.45) is 5.92 Å². The summed E-state index contributed by atoms with van der Waals surface area (Å²) in [5.74, 6) is -0.334. The number of rotatable bonds is 1. The van der Waals surface area contributed by atoms with E-state index in [1.54, 1.807) is 0 Å². The van der Waals surface area contributed by atoms with Crippen LogP contribution in [0.5, 0.6) is 0 Å². The van der Waals surface area contributed by atoms with Crippen LogP contribution in [0.3, 0.4) is 0 Å². The van der Waals surface area contributed by atoms with Crippen LogP contribution in [0, 0.1) is 5.92 Å². The summed E-state index contributed by atoms with van der Waals surface area (Å²) in [7, 11) is 0. The van der Waals surface area contributed by atoms with E-state index in [4.69, 9.17) is 4.74 Å². The van der Waals surface area contributed by atoms with Crippen molar-refractivity contribution in [2.45, 2.75) is 38.7 Å². The van der Waals surface area contributed by atoms with Crippen molar-refractivity contribution < 1.29 is 14.3 Å². The molecular formula is C11H15NO3. The molecule has 0 aromatic heterocycles. The van der Waals surface area contributed by atoms with Gasteiger partial charge in [0.25, 0.3) is 0 Å². The fourth-order valence-electron chi connectivity index (χ4n) is 2.23. The summed E-state index contributed by atoms with van der Waals surface area (Å²) in [4.78, 5) is 22.3. The molecule has 0 saturated heterocycles. The number of carbonyl (C=O) groups excluding carboxylic acids is 2. The van der Waals surface area contributed by atoms with E-state index in [2.05, 4.69) is 5.32 Å². The Hall–Kier alpha value is -1.32. The number of hydrogen-bond acceptors (Lipinski definition) is 3. The van der Waals surface area contributed by atoms with Gasteiger partial charge in [-0.05, 0) is 25.3 Å². The summed E-state index contributed by atoms with van der Waals surface area (Å²) < 4.78 is 5.28. The van der Waals surface area contributed by atoms with Gasteiger partial charge in [0.1, 0.15) is 11.8 Å². The Labute approximate surface area is 88.7 Å². The largest absolute Gasteiger partial charge is 0.457 e. The normalized spacial score (nSPS) is 29.9. The van der Waals surface area contributed by atoms with Crippen molar-refractivity contribution in [3.8, 4) is 0 Å². The van der Waals surface area contributed by atoms with Crippen molar-refractivity contribution in [3.63, 3.8) is 0 Å². The Morgan fingerprint density at radius 2 is 2.20 bits per heavy atom. The molecule has 0 bridgehead atoms. The van der Waals surface area contributed by atoms with Gasteiger partial charge in [-0.25, -0.2) is 4.79 Å². The van der Waals surface area contributed by atoms with Gasteiger partial charge in [0, 0.05) is 12.8 Å². The van der Waals surface area contributed by atoms with E-state index in [-0.39, 0.29) is 12.0 Å². The van der Waals surface area contributed by atoms with E-state index in [1.165, 1.54) is 13.3 Å². The van der Waals surface area contributed by atoms with Gasteiger partial charge < -0.3 is 10.1 Å². The first kappa shape index (κ1) is 10.2. The topological polar surface area (TPSA) is 55.4 Å². The van der Waals surface area contributed by atoms with E-state index >= 15 is 0 Å². The number of fused-ring (bicyclic) bond motifs is 1. The maximum atomic E-state index is 11.5. The second-order valence-corrected chi connectivity index (χ2v) is 4.15. The SMILES string of the molecule is CC(=O)NC1=CC2CCCCC2OC1=O. The summed E-state index contributed by atoms with van der Waals surface area (Å²) in [5.41, 5.74) is 0.311. The predicted molar refractivity (Wildman–Crippen MR) is 53.7 cm³/mol. The Bertz CT molecular complexity index is 322. The highest BCUT2D eigenvalue weighted by atomic mass is 16.5. The van der Waals surface area contributed by atoms with Gasteiger partial charge in [0.05, 0.1) is 0 Å². The molecule has 2 rings (SSSR count). The smallest absolute Gasteiger partial charge is 0.354 e. The number of esters is 1. The number of ether oxygens (including phenoxy) is 1. The lowest BCUT2D eigenvalue weighted by Gasteiger charge is -2.33. The van der Waals surface area contributed by atoms with Gasteiger partial charge in [-0.15, -0.1) is 0 Å². The third kappa shape index (κ3) is 2.19. The Kier molecular flexibility index (Phi) is 2.75. The van der Waals surface area contributed by atoms with Crippen LogP contribution in [0.4, 0.5) is 0 Å². The number of carbonyl (C=O) groups is 2. The average Bonchev–Trinajstić information content (AvgIpc) is 2.18. The molecule has 1 heterocycles. The Morgan fingerprint density at radius 1 is 1.47 bits per heavy atom. The molecule has 0 radical (unpaired) electrons. The third-order valence-electron chi connectivity index (χ3n) is 2.92. The zero-order valence-corrected chi connectivity index (χ0v) is 8.79. The standard InChI is InChI=1S/C11H15NO3/c1-7(13)12-9-6-8-4-2-3-5-10(8)15-11(9)14/h6,8,10H,2-5H2,1H3,(H,12,13). The van der Waals surface area contributed by atoms with E-state index < -0.39 is 5.97 Å². The number of amides is 1. The fraction of sp³-hybridized carbons (Fsp3) is 0.636. The molecule has 1 aliphatic heterocycles. The molecule has 4 nitrogen and oxygen atoms in total. The van der Waals surface area contributed by atoms with E-state index in [9.17, 15) is 9.59 Å². The monoisotopic (exact) mass is 209 g/mol. The first-order valence-corrected chi connectivity index (χ1v) is 5.37. The van der Waals surface area contributed by atoms with Crippen LogP contribution < -0.4 is 5.32 Å². The maximum Gasteiger partial charge on any atom is 0.354 e. The Morgan fingerprint density at radius 3 is 2.93 bits per heavy atom. The molecule has 2 atom stereocenters. The lowest BCUT2D eigenvalue weighted by atomic mass is 9.84. The number of hydrogen-bond donors (Lipinski definition) is 1. The average molecular weight is 209 g/mol. The molecule has 0 aromatic rings. The molecule has 15 heavy (non-hydrogen) atoms. The van der Waals surface area contributed by atoms with Gasteiger partial charge in [0.2, 0.25) is 5.91 Å². The highest BCUT2D eigenvalue weighted by Crippen LogP contribution is 2.31. The lowest BCUT2D eigenvalue weighted by molar-refractivity contribution is -0.151. The molecule has 82 valence electrons. The van der Waals surface area contributed by atoms with Crippen molar-refractivity contribution in [1.29, 1.82) is 0 Å². The first-order chi connectivity index (χ1) is 7.16. The molecular weight excluding hydrogens is 194 g/mol. The van der Waals surface area contributed by atoms with Gasteiger partial charge >= 0.3 is 5.97 Å². The highest BCUT2D eigenvalue weighted by Gasteiger charge is 2.33. The molecule has 1 N–H and O–H groups in total. The van der Waals surface area contributed by atoms with E-state index in [1.807, 2.05) is 6.08 Å². The fourth-order valence-corrected chi connectivity index (χ4v) is 2.23. The van der Waals surface area contributed by atoms with Gasteiger partial charge in [-0.3, -0.25) is 4.79 Å². The molecule has 4 heteroatoms. The van der Waals surface area contributed by atoms with Crippen LogP contribution in [0.2, 0.25) is 0 Å². The summed E-state index contributed by atoms with van der Waals surface area (Å²) in [6.45, 7) is 1.39. The lowest BCUT2D eigenvalue weighted by Crippen LogP contribution is -2.38. The second kappa shape index (κ2) is 4.04. The van der Waals surface area contributed by atoms with E-state index in [0.29, 0.717) is 11.6 Å². The summed E-state index contributed by atoms with van der Waals surface area (Å²) in [6, 6.07) is 0. The summed E-state index contributed by atoms with van der Waals surface area (Å²) in [6.07, 6.45) is 6.17. The van der Waals surface area contributed by atoms with Gasteiger partial charge in [-0.2, -0.15) is 0 Å². The zero-order chi connectivity index (χ0) is 10.8. The van der Waals surface area contributed by atoms with Crippen molar-refractivity contribution in [3.05, 3.63) is 11.8 Å². The maximum absolute atomic E-state index is 11.5. The minimum Gasteiger partial charge on any atom is -0.457 e. The predicted octanol–water partition coefficient (Wildman–Crippen LogP) is 1.12.